The van der Waals surface area contributed by atoms with Crippen LogP contribution < -0.4 is 0 Å². The minimum atomic E-state index is -0.265. The van der Waals surface area contributed by atoms with Crippen LogP contribution in [-0.2, 0) is 16.1 Å². The van der Waals surface area contributed by atoms with Gasteiger partial charge in [-0.3, -0.25) is 0 Å². The molecule has 1 aliphatic rings. The molecule has 0 atom stereocenters. The second-order valence-corrected chi connectivity index (χ2v) is 4.22. The number of benzene rings is 1. The van der Waals surface area contributed by atoms with E-state index in [1.807, 2.05) is 30.3 Å². The van der Waals surface area contributed by atoms with Crippen LogP contribution >= 0.6 is 0 Å². The molecule has 1 amide bonds. The lowest BCUT2D eigenvalue weighted by atomic mass is 10.2. The summed E-state index contributed by atoms with van der Waals surface area (Å²) in [4.78, 5) is 13.5. The molecule has 0 aliphatic carbocycles. The lowest BCUT2D eigenvalue weighted by Crippen LogP contribution is -2.28. The summed E-state index contributed by atoms with van der Waals surface area (Å²) >= 11 is 0. The zero-order chi connectivity index (χ0) is 12.8. The molecule has 0 spiro atoms. The molecular weight excluding hydrogens is 230 g/mol. The van der Waals surface area contributed by atoms with Crippen molar-refractivity contribution in [3.05, 3.63) is 47.7 Å². The van der Waals surface area contributed by atoms with Crippen molar-refractivity contribution >= 4 is 6.09 Å². The third-order valence-electron chi connectivity index (χ3n) is 2.84. The molecular formula is C14H17NO3. The molecule has 1 aromatic rings. The number of nitrogens with zero attached hydrogens (tertiary/aromatic N) is 1. The second-order valence-electron chi connectivity index (χ2n) is 4.22. The van der Waals surface area contributed by atoms with E-state index in [1.54, 1.807) is 18.3 Å². The summed E-state index contributed by atoms with van der Waals surface area (Å²) in [7, 11) is 1.61. The van der Waals surface area contributed by atoms with Gasteiger partial charge in [-0.15, -0.1) is 0 Å². The second kappa shape index (κ2) is 6.10. The fourth-order valence-electron chi connectivity index (χ4n) is 1.91. The highest BCUT2D eigenvalue weighted by Crippen LogP contribution is 2.16. The van der Waals surface area contributed by atoms with Gasteiger partial charge in [-0.25, -0.2) is 4.79 Å². The predicted octanol–water partition coefficient (Wildman–Crippen LogP) is 2.56. The minimum absolute atomic E-state index is 0.265. The number of hydrogen-bond acceptors (Lipinski definition) is 3. The Morgan fingerprint density at radius 3 is 2.89 bits per heavy atom. The fourth-order valence-corrected chi connectivity index (χ4v) is 1.91. The molecule has 0 saturated carbocycles. The van der Waals surface area contributed by atoms with Crippen LogP contribution in [0.15, 0.2) is 42.2 Å². The van der Waals surface area contributed by atoms with Gasteiger partial charge >= 0.3 is 6.09 Å². The molecule has 2 rings (SSSR count). The van der Waals surface area contributed by atoms with Crippen molar-refractivity contribution in [3.8, 4) is 0 Å². The fraction of sp³-hybridized carbons (Fsp3) is 0.357. The third kappa shape index (κ3) is 3.26. The number of carbonyl (C=O) groups is 1. The molecule has 1 fully saturated rings. The monoisotopic (exact) mass is 247 g/mol. The third-order valence-corrected chi connectivity index (χ3v) is 2.84. The Kier molecular flexibility index (Phi) is 4.23. The number of amides is 1. The summed E-state index contributed by atoms with van der Waals surface area (Å²) in [6.45, 7) is 1.61. The van der Waals surface area contributed by atoms with Crippen molar-refractivity contribution in [3.63, 3.8) is 0 Å². The molecule has 0 aromatic heterocycles. The smallest absolute Gasteiger partial charge is 0.410 e. The molecule has 18 heavy (non-hydrogen) atoms. The number of ether oxygens (including phenoxy) is 2. The van der Waals surface area contributed by atoms with Gasteiger partial charge in [0.1, 0.15) is 6.61 Å². The molecule has 0 N–H and O–H groups in total. The highest BCUT2D eigenvalue weighted by atomic mass is 16.6. The first-order valence-corrected chi connectivity index (χ1v) is 5.96. The van der Waals surface area contributed by atoms with Gasteiger partial charge in [0.05, 0.1) is 13.4 Å². The molecule has 4 heteroatoms. The zero-order valence-electron chi connectivity index (χ0n) is 10.5. The summed E-state index contributed by atoms with van der Waals surface area (Å²) in [5.74, 6) is 0. The van der Waals surface area contributed by atoms with E-state index in [2.05, 4.69) is 0 Å². The molecule has 0 unspecified atom stereocenters. The summed E-state index contributed by atoms with van der Waals surface area (Å²) in [5, 5.41) is 0. The van der Waals surface area contributed by atoms with Gasteiger partial charge in [0.25, 0.3) is 0 Å². The van der Waals surface area contributed by atoms with Crippen LogP contribution in [0.1, 0.15) is 12.0 Å². The number of likely N-dealkylation sites (tertiary alicyclic amines) is 1. The van der Waals surface area contributed by atoms with E-state index in [1.165, 1.54) is 0 Å². The Hall–Kier alpha value is -1.97. The van der Waals surface area contributed by atoms with Gasteiger partial charge in [-0.05, 0) is 17.6 Å². The molecule has 96 valence electrons. The van der Waals surface area contributed by atoms with Crippen LogP contribution in [0.4, 0.5) is 4.79 Å². The van der Waals surface area contributed by atoms with Crippen LogP contribution in [0.2, 0.25) is 0 Å². The summed E-state index contributed by atoms with van der Waals surface area (Å²) < 4.78 is 10.2. The van der Waals surface area contributed by atoms with E-state index in [0.29, 0.717) is 19.7 Å². The van der Waals surface area contributed by atoms with Crippen molar-refractivity contribution in [1.29, 1.82) is 0 Å². The molecule has 0 radical (unpaired) electrons. The summed E-state index contributed by atoms with van der Waals surface area (Å²) in [6.07, 6.45) is 2.29. The first kappa shape index (κ1) is 12.5. The maximum absolute atomic E-state index is 11.8. The molecule has 1 saturated heterocycles. The van der Waals surface area contributed by atoms with Gasteiger partial charge in [0.15, 0.2) is 0 Å². The van der Waals surface area contributed by atoms with E-state index in [4.69, 9.17) is 9.47 Å². The Bertz CT molecular complexity index is 428. The first-order valence-electron chi connectivity index (χ1n) is 5.96. The Labute approximate surface area is 107 Å². The van der Waals surface area contributed by atoms with E-state index in [9.17, 15) is 4.79 Å². The van der Waals surface area contributed by atoms with Crippen molar-refractivity contribution in [2.24, 2.45) is 0 Å². The normalized spacial score (nSPS) is 16.9. The van der Waals surface area contributed by atoms with Gasteiger partial charge in [0.2, 0.25) is 0 Å². The highest BCUT2D eigenvalue weighted by molar-refractivity contribution is 5.68. The summed E-state index contributed by atoms with van der Waals surface area (Å²) in [6, 6.07) is 9.67. The summed E-state index contributed by atoms with van der Waals surface area (Å²) in [5.41, 5.74) is 2.12. The lowest BCUT2D eigenvalue weighted by Gasteiger charge is -2.14. The van der Waals surface area contributed by atoms with Crippen LogP contribution in [0, 0.1) is 0 Å². The Morgan fingerprint density at radius 1 is 1.39 bits per heavy atom. The number of rotatable bonds is 3. The predicted molar refractivity (Wildman–Crippen MR) is 67.9 cm³/mol. The van der Waals surface area contributed by atoms with Crippen molar-refractivity contribution in [2.75, 3.05) is 20.2 Å². The quantitative estimate of drug-likeness (QED) is 0.770. The minimum Gasteiger partial charge on any atom is -0.504 e. The molecule has 1 aromatic carbocycles. The maximum Gasteiger partial charge on any atom is 0.410 e. The standard InChI is InChI=1S/C14H17NO3/c1-17-10-13-7-8-15(9-13)14(16)18-11-12-5-3-2-4-6-12/h2-6,10H,7-9,11H2,1H3. The van der Waals surface area contributed by atoms with Crippen LogP contribution in [0.3, 0.4) is 0 Å². The average molecular weight is 247 g/mol. The van der Waals surface area contributed by atoms with Gasteiger partial charge in [-0.1, -0.05) is 30.3 Å². The maximum atomic E-state index is 11.8. The topological polar surface area (TPSA) is 38.8 Å². The largest absolute Gasteiger partial charge is 0.504 e. The van der Waals surface area contributed by atoms with E-state index >= 15 is 0 Å². The van der Waals surface area contributed by atoms with Gasteiger partial charge < -0.3 is 14.4 Å². The lowest BCUT2D eigenvalue weighted by molar-refractivity contribution is 0.105. The van der Waals surface area contributed by atoms with Crippen LogP contribution in [0.5, 0.6) is 0 Å². The van der Waals surface area contributed by atoms with Crippen molar-refractivity contribution in [1.82, 2.24) is 4.90 Å². The number of methoxy groups -OCH3 is 1. The Balaban J connectivity index is 1.81. The van der Waals surface area contributed by atoms with E-state index in [0.717, 1.165) is 17.6 Å². The van der Waals surface area contributed by atoms with Crippen LogP contribution in [0.25, 0.3) is 0 Å². The van der Waals surface area contributed by atoms with E-state index in [-0.39, 0.29) is 6.09 Å². The first-order chi connectivity index (χ1) is 8.79. The van der Waals surface area contributed by atoms with Gasteiger partial charge in [-0.2, -0.15) is 0 Å². The zero-order valence-corrected chi connectivity index (χ0v) is 10.5. The Morgan fingerprint density at radius 2 is 2.17 bits per heavy atom. The highest BCUT2D eigenvalue weighted by Gasteiger charge is 2.22. The average Bonchev–Trinajstić information content (AvgIpc) is 2.86. The molecule has 4 nitrogen and oxygen atoms in total. The number of carbonyl (C=O) groups excluding carboxylic acids is 1. The molecule has 0 bridgehead atoms. The van der Waals surface area contributed by atoms with Crippen molar-refractivity contribution in [2.45, 2.75) is 13.0 Å². The number of hydrogen-bond donors (Lipinski definition) is 0. The van der Waals surface area contributed by atoms with E-state index < -0.39 is 0 Å². The van der Waals surface area contributed by atoms with Gasteiger partial charge in [0, 0.05) is 13.1 Å². The van der Waals surface area contributed by atoms with Crippen LogP contribution in [-0.4, -0.2) is 31.2 Å². The SMILES string of the molecule is COC=C1CCN(C(=O)OCc2ccccc2)C1. The van der Waals surface area contributed by atoms with Crippen molar-refractivity contribution < 1.29 is 14.3 Å². The molecule has 1 aliphatic heterocycles. The molecule has 1 heterocycles.